The van der Waals surface area contributed by atoms with Crippen LogP contribution < -0.4 is 20.1 Å². The van der Waals surface area contributed by atoms with Crippen molar-refractivity contribution in [2.75, 3.05) is 6.54 Å². The number of pyridine rings is 1. The van der Waals surface area contributed by atoms with Gasteiger partial charge >= 0.3 is 0 Å². The van der Waals surface area contributed by atoms with E-state index < -0.39 is 68.5 Å². The summed E-state index contributed by atoms with van der Waals surface area (Å²) in [5.74, 6) is -2.76. The smallest absolute Gasteiger partial charge is 0.259 e. The van der Waals surface area contributed by atoms with Gasteiger partial charge < -0.3 is 20.3 Å². The monoisotopic (exact) mass is 673 g/mol. The predicted molar refractivity (Wildman–Crippen MR) is 161 cm³/mol. The Labute approximate surface area is 257 Å². The van der Waals surface area contributed by atoms with Gasteiger partial charge in [-0.2, -0.15) is 0 Å². The molecule has 5 atom stereocenters. The van der Waals surface area contributed by atoms with Crippen LogP contribution in [0.25, 0.3) is 10.8 Å². The summed E-state index contributed by atoms with van der Waals surface area (Å²) in [4.78, 5) is 58.1. The number of likely N-dealkylation sites (tertiary alicyclic amines) is 1. The summed E-state index contributed by atoms with van der Waals surface area (Å²) in [6.07, 6.45) is 4.62. The Bertz CT molecular complexity index is 1630. The van der Waals surface area contributed by atoms with Crippen LogP contribution in [0.4, 0.5) is 0 Å². The second-order valence-corrected chi connectivity index (χ2v) is 14.0. The molecule has 3 fully saturated rings. The van der Waals surface area contributed by atoms with Crippen molar-refractivity contribution in [3.63, 3.8) is 0 Å². The topological polar surface area (TPSA) is 164 Å². The number of rotatable bonds is 11. The summed E-state index contributed by atoms with van der Waals surface area (Å²) < 4.78 is 34.1. The molecule has 2 aliphatic carbocycles. The first-order valence-corrected chi connectivity index (χ1v) is 16.2. The lowest BCUT2D eigenvalue weighted by molar-refractivity contribution is -0.141. The summed E-state index contributed by atoms with van der Waals surface area (Å²) in [5.41, 5.74) is -1.51. The number of hydrogen-bond donors (Lipinski definition) is 3. The van der Waals surface area contributed by atoms with Crippen molar-refractivity contribution in [2.45, 2.75) is 61.6 Å². The van der Waals surface area contributed by atoms with Crippen LogP contribution in [0, 0.1) is 5.92 Å². The number of carbonyl (C=O) groups is 4. The molecule has 1 unspecified atom stereocenters. The first-order valence-electron chi connectivity index (χ1n) is 13.8. The van der Waals surface area contributed by atoms with Crippen LogP contribution in [0.1, 0.15) is 32.6 Å². The third-order valence-electron chi connectivity index (χ3n) is 7.98. The molecule has 1 saturated heterocycles. The molecule has 43 heavy (non-hydrogen) atoms. The standard InChI is InChI=1S/C29H32BrN5O7S/c1-4-18-14-29(18,28(39)34-43(40,41)21-8-9-21)33-25(37)23-13-20(15-35(23)27(38)16(3)32-24(36)5-2)42-26-22-12-19(30)7-6-17(22)10-11-31-26/h4-7,10-12,16,18,20-21,23H,1-2,8-9,13-15H2,3H3,(H,32,36)(H,33,37)(H,34,39)/t16-,18-,20?,23+,29-/m1/s1. The fraction of sp³-hybridized carbons (Fsp3) is 0.414. The minimum atomic E-state index is -3.86. The Kier molecular flexibility index (Phi) is 8.36. The van der Waals surface area contributed by atoms with Crippen molar-refractivity contribution in [3.05, 3.63) is 60.2 Å². The highest BCUT2D eigenvalue weighted by atomic mass is 79.9. The van der Waals surface area contributed by atoms with E-state index in [9.17, 15) is 27.6 Å². The highest BCUT2D eigenvalue weighted by Crippen LogP contribution is 2.45. The van der Waals surface area contributed by atoms with Gasteiger partial charge in [-0.1, -0.05) is 34.7 Å². The zero-order valence-electron chi connectivity index (χ0n) is 23.4. The number of fused-ring (bicyclic) bond motifs is 1. The van der Waals surface area contributed by atoms with Crippen LogP contribution in [0.5, 0.6) is 5.88 Å². The van der Waals surface area contributed by atoms with Crippen LogP contribution in [-0.2, 0) is 29.2 Å². The first-order chi connectivity index (χ1) is 20.4. The molecule has 3 N–H and O–H groups in total. The number of ether oxygens (including phenoxy) is 1. The van der Waals surface area contributed by atoms with Gasteiger partial charge in [0, 0.05) is 28.4 Å². The number of benzene rings is 1. The normalized spacial score (nSPS) is 25.3. The quantitative estimate of drug-likeness (QED) is 0.240. The molecule has 5 rings (SSSR count). The lowest BCUT2D eigenvalue weighted by atomic mass is 10.1. The Morgan fingerprint density at radius 3 is 2.60 bits per heavy atom. The van der Waals surface area contributed by atoms with Gasteiger partial charge in [-0.15, -0.1) is 6.58 Å². The predicted octanol–water partition coefficient (Wildman–Crippen LogP) is 1.71. The minimum absolute atomic E-state index is 0.00255. The summed E-state index contributed by atoms with van der Waals surface area (Å²) in [6.45, 7) is 8.61. The van der Waals surface area contributed by atoms with E-state index in [1.165, 1.54) is 17.9 Å². The zero-order chi connectivity index (χ0) is 31.1. The summed E-state index contributed by atoms with van der Waals surface area (Å²) in [6, 6.07) is 5.40. The largest absolute Gasteiger partial charge is 0.472 e. The summed E-state index contributed by atoms with van der Waals surface area (Å²) >= 11 is 3.46. The van der Waals surface area contributed by atoms with Gasteiger partial charge in [-0.3, -0.25) is 23.9 Å². The Morgan fingerprint density at radius 1 is 1.21 bits per heavy atom. The molecule has 12 nitrogen and oxygen atoms in total. The first kappa shape index (κ1) is 30.7. The molecule has 0 spiro atoms. The van der Waals surface area contributed by atoms with Crippen LogP contribution in [0.2, 0.25) is 0 Å². The third kappa shape index (κ3) is 6.30. The molecule has 1 aliphatic heterocycles. The molecule has 0 radical (unpaired) electrons. The van der Waals surface area contributed by atoms with Crippen LogP contribution in [-0.4, -0.2) is 77.5 Å². The second-order valence-electron chi connectivity index (χ2n) is 11.1. The average Bonchev–Trinajstić information content (AvgIpc) is 3.89. The zero-order valence-corrected chi connectivity index (χ0v) is 25.8. The third-order valence-corrected chi connectivity index (χ3v) is 10.3. The number of carbonyl (C=O) groups excluding carboxylic acids is 4. The van der Waals surface area contributed by atoms with E-state index in [1.54, 1.807) is 6.20 Å². The Morgan fingerprint density at radius 2 is 1.95 bits per heavy atom. The van der Waals surface area contributed by atoms with Gasteiger partial charge in [0.15, 0.2) is 0 Å². The van der Waals surface area contributed by atoms with Crippen molar-refractivity contribution in [3.8, 4) is 5.88 Å². The molecule has 2 heterocycles. The van der Waals surface area contributed by atoms with Crippen molar-refractivity contribution >= 4 is 60.4 Å². The maximum absolute atomic E-state index is 13.8. The lowest BCUT2D eigenvalue weighted by Gasteiger charge is -2.28. The van der Waals surface area contributed by atoms with E-state index in [4.69, 9.17) is 4.74 Å². The fourth-order valence-electron chi connectivity index (χ4n) is 5.34. The van der Waals surface area contributed by atoms with Gasteiger partial charge in [0.2, 0.25) is 33.6 Å². The van der Waals surface area contributed by atoms with Gasteiger partial charge in [-0.25, -0.2) is 13.4 Å². The second kappa shape index (κ2) is 11.7. The molecule has 4 amide bonds. The molecule has 2 aromatic rings. The number of aromatic nitrogens is 1. The molecule has 1 aromatic carbocycles. The molecular formula is C29H32BrN5O7S. The molecule has 1 aromatic heterocycles. The average molecular weight is 675 g/mol. The number of sulfonamides is 1. The summed E-state index contributed by atoms with van der Waals surface area (Å²) in [7, 11) is -3.86. The fourth-order valence-corrected chi connectivity index (χ4v) is 7.07. The van der Waals surface area contributed by atoms with Crippen LogP contribution in [0.3, 0.4) is 0 Å². The molecule has 2 saturated carbocycles. The maximum Gasteiger partial charge on any atom is 0.259 e. The molecule has 14 heteroatoms. The van der Waals surface area contributed by atoms with Gasteiger partial charge in [-0.05, 0) is 55.8 Å². The molecule has 228 valence electrons. The van der Waals surface area contributed by atoms with Gasteiger partial charge in [0.25, 0.3) is 5.91 Å². The number of nitrogens with one attached hydrogen (secondary N) is 3. The number of amides is 4. The van der Waals surface area contributed by atoms with Gasteiger partial charge in [0.1, 0.15) is 23.7 Å². The lowest BCUT2D eigenvalue weighted by Crippen LogP contribution is -2.58. The van der Waals surface area contributed by atoms with E-state index in [-0.39, 0.29) is 19.4 Å². The number of hydrogen-bond acceptors (Lipinski definition) is 8. The Balaban J connectivity index is 1.39. The highest BCUT2D eigenvalue weighted by Gasteiger charge is 2.62. The van der Waals surface area contributed by atoms with E-state index in [0.717, 1.165) is 21.3 Å². The van der Waals surface area contributed by atoms with Crippen molar-refractivity contribution < 1.29 is 32.3 Å². The van der Waals surface area contributed by atoms with Crippen LogP contribution in [0.15, 0.2) is 60.2 Å². The summed E-state index contributed by atoms with van der Waals surface area (Å²) in [5, 5.41) is 6.23. The van der Waals surface area contributed by atoms with E-state index in [2.05, 4.69) is 49.4 Å². The van der Waals surface area contributed by atoms with E-state index in [0.29, 0.717) is 18.7 Å². The van der Waals surface area contributed by atoms with E-state index in [1.807, 2.05) is 24.3 Å². The number of nitrogens with zero attached hydrogens (tertiary/aromatic N) is 2. The number of halogens is 1. The minimum Gasteiger partial charge on any atom is -0.472 e. The SMILES string of the molecule is C=CC(=O)N[C@H](C)C(=O)N1CC(Oc2nccc3ccc(Br)cc23)C[C@H]1C(=O)N[C@]1(C(=O)NS(=O)(=O)C2CC2)C[C@H]1C=C. The van der Waals surface area contributed by atoms with E-state index >= 15 is 0 Å². The molecule has 3 aliphatic rings. The highest BCUT2D eigenvalue weighted by molar-refractivity contribution is 9.10. The van der Waals surface area contributed by atoms with Crippen molar-refractivity contribution in [2.24, 2.45) is 5.92 Å². The Hall–Kier alpha value is -3.78. The van der Waals surface area contributed by atoms with Crippen LogP contribution >= 0.6 is 15.9 Å². The molecule has 0 bridgehead atoms. The molecular weight excluding hydrogens is 642 g/mol. The van der Waals surface area contributed by atoms with Gasteiger partial charge in [0.05, 0.1) is 11.8 Å². The maximum atomic E-state index is 13.8. The van der Waals surface area contributed by atoms with Crippen molar-refractivity contribution in [1.82, 2.24) is 25.2 Å². The van der Waals surface area contributed by atoms with Crippen molar-refractivity contribution in [1.29, 1.82) is 0 Å².